The Balaban J connectivity index is 1.62. The lowest BCUT2D eigenvalue weighted by molar-refractivity contribution is -0.131. The van der Waals surface area contributed by atoms with Crippen LogP contribution in [-0.4, -0.2) is 11.8 Å². The lowest BCUT2D eigenvalue weighted by atomic mass is 9.59. The number of halogens is 4. The predicted molar refractivity (Wildman–Crippen MR) is 144 cm³/mol. The molecule has 0 unspecified atom stereocenters. The van der Waals surface area contributed by atoms with Gasteiger partial charge in [-0.05, 0) is 78.7 Å². The highest BCUT2D eigenvalue weighted by atomic mass is 35.5. The van der Waals surface area contributed by atoms with Crippen LogP contribution >= 0.6 is 11.6 Å². The average Bonchev–Trinajstić information content (AvgIpc) is 3.20. The summed E-state index contributed by atoms with van der Waals surface area (Å²) < 4.78 is 50.8. The maximum atomic E-state index is 15.3. The fourth-order valence-electron chi connectivity index (χ4n) is 5.87. The van der Waals surface area contributed by atoms with Crippen LogP contribution in [0.3, 0.4) is 0 Å². The molecule has 6 rings (SSSR count). The van der Waals surface area contributed by atoms with E-state index in [0.29, 0.717) is 22.0 Å². The van der Waals surface area contributed by atoms with E-state index in [0.717, 1.165) is 23.8 Å². The number of nitrogens with one attached hydrogen (secondary N) is 2. The van der Waals surface area contributed by atoms with Gasteiger partial charge in [0.05, 0.1) is 6.04 Å². The second-order valence-electron chi connectivity index (χ2n) is 10.0. The van der Waals surface area contributed by atoms with E-state index in [1.807, 2.05) is 19.1 Å². The molecule has 202 valence electrons. The number of piperidine rings is 1. The molecule has 0 bridgehead atoms. The van der Waals surface area contributed by atoms with Gasteiger partial charge in [0.2, 0.25) is 11.8 Å². The van der Waals surface area contributed by atoms with E-state index in [-0.39, 0.29) is 23.3 Å². The number of aryl methyl sites for hydroxylation is 1. The number of carbonyl (C=O) groups excluding carboxylic acids is 2. The van der Waals surface area contributed by atoms with E-state index in [1.54, 1.807) is 30.3 Å². The van der Waals surface area contributed by atoms with Crippen LogP contribution in [0.1, 0.15) is 40.6 Å². The Morgan fingerprint density at radius 1 is 0.875 bits per heavy atom. The van der Waals surface area contributed by atoms with Crippen molar-refractivity contribution in [3.63, 3.8) is 0 Å². The lowest BCUT2D eigenvalue weighted by Gasteiger charge is -2.46. The standard InChI is InChI=1S/C31H22ClF3N2O3/c1-16-2-7-20(8-3-16)40-27-11-6-19(34)14-22(27)29-31(23-9-4-17(32)12-26(23)36-30(31)39)24(15-28(38)37-29)21-13-18(33)5-10-25(21)35/h2-14,24,29H,15H2,1H3,(H,36,39)(H,37,38)/t24-,29+,31-/m0/s1. The summed E-state index contributed by atoms with van der Waals surface area (Å²) in [6.07, 6.45) is -0.324. The Kier molecular flexibility index (Phi) is 6.30. The van der Waals surface area contributed by atoms with E-state index >= 15 is 4.39 Å². The summed E-state index contributed by atoms with van der Waals surface area (Å²) in [5.74, 6) is -3.75. The smallest absolute Gasteiger partial charge is 0.238 e. The highest BCUT2D eigenvalue weighted by Crippen LogP contribution is 2.59. The highest BCUT2D eigenvalue weighted by molar-refractivity contribution is 6.31. The predicted octanol–water partition coefficient (Wildman–Crippen LogP) is 7.09. The van der Waals surface area contributed by atoms with Gasteiger partial charge in [-0.15, -0.1) is 0 Å². The summed E-state index contributed by atoms with van der Waals surface area (Å²) in [5.41, 5.74) is 0.0809. The summed E-state index contributed by atoms with van der Waals surface area (Å²) in [7, 11) is 0. The minimum Gasteiger partial charge on any atom is -0.457 e. The maximum absolute atomic E-state index is 15.3. The van der Waals surface area contributed by atoms with Gasteiger partial charge in [0.15, 0.2) is 0 Å². The first-order valence-electron chi connectivity index (χ1n) is 12.6. The molecule has 2 N–H and O–H groups in total. The van der Waals surface area contributed by atoms with Crippen LogP contribution in [0.2, 0.25) is 5.02 Å². The molecule has 2 amide bonds. The molecule has 1 fully saturated rings. The molecule has 1 saturated heterocycles. The first kappa shape index (κ1) is 26.0. The van der Waals surface area contributed by atoms with Crippen LogP contribution in [0.5, 0.6) is 11.5 Å². The number of benzene rings is 4. The topological polar surface area (TPSA) is 67.4 Å². The zero-order valence-electron chi connectivity index (χ0n) is 21.1. The molecule has 0 aliphatic carbocycles. The Hall–Kier alpha value is -4.30. The zero-order chi connectivity index (χ0) is 28.2. The summed E-state index contributed by atoms with van der Waals surface area (Å²) in [5, 5.41) is 6.01. The number of fused-ring (bicyclic) bond motifs is 2. The van der Waals surface area contributed by atoms with E-state index in [4.69, 9.17) is 16.3 Å². The molecule has 4 aromatic carbocycles. The van der Waals surface area contributed by atoms with Crippen molar-refractivity contribution in [3.05, 3.63) is 124 Å². The van der Waals surface area contributed by atoms with E-state index < -0.39 is 46.6 Å². The van der Waals surface area contributed by atoms with Gasteiger partial charge >= 0.3 is 0 Å². The number of ether oxygens (including phenoxy) is 1. The number of rotatable bonds is 4. The average molecular weight is 563 g/mol. The van der Waals surface area contributed by atoms with Crippen LogP contribution in [0.15, 0.2) is 78.9 Å². The van der Waals surface area contributed by atoms with E-state index in [2.05, 4.69) is 10.6 Å². The van der Waals surface area contributed by atoms with Gasteiger partial charge in [-0.25, -0.2) is 13.2 Å². The minimum absolute atomic E-state index is 0.143. The van der Waals surface area contributed by atoms with Crippen molar-refractivity contribution < 1.29 is 27.5 Å². The Morgan fingerprint density at radius 2 is 1.57 bits per heavy atom. The molecule has 3 atom stereocenters. The second kappa shape index (κ2) is 9.71. The lowest BCUT2D eigenvalue weighted by Crippen LogP contribution is -2.57. The second-order valence-corrected chi connectivity index (χ2v) is 10.5. The van der Waals surface area contributed by atoms with Crippen molar-refractivity contribution in [1.82, 2.24) is 5.32 Å². The van der Waals surface area contributed by atoms with Crippen molar-refractivity contribution >= 4 is 29.1 Å². The van der Waals surface area contributed by atoms with Crippen molar-refractivity contribution in [2.75, 3.05) is 5.32 Å². The third kappa shape index (κ3) is 4.19. The summed E-state index contributed by atoms with van der Waals surface area (Å²) >= 11 is 6.22. The van der Waals surface area contributed by atoms with E-state index in [9.17, 15) is 18.4 Å². The molecule has 0 aromatic heterocycles. The molecule has 2 heterocycles. The molecule has 0 radical (unpaired) electrons. The Labute approximate surface area is 232 Å². The molecule has 2 aliphatic rings. The van der Waals surface area contributed by atoms with Crippen LogP contribution < -0.4 is 15.4 Å². The molecular formula is C31H22ClF3N2O3. The first-order valence-corrected chi connectivity index (χ1v) is 12.9. The minimum atomic E-state index is -1.71. The van der Waals surface area contributed by atoms with E-state index in [1.165, 1.54) is 18.2 Å². The van der Waals surface area contributed by atoms with Crippen molar-refractivity contribution in [2.45, 2.75) is 30.7 Å². The number of hydrogen-bond acceptors (Lipinski definition) is 3. The highest BCUT2D eigenvalue weighted by Gasteiger charge is 2.62. The van der Waals surface area contributed by atoms with Gasteiger partial charge in [-0.2, -0.15) is 0 Å². The summed E-state index contributed by atoms with van der Waals surface area (Å²) in [6, 6.07) is 17.4. The fourth-order valence-corrected chi connectivity index (χ4v) is 6.05. The summed E-state index contributed by atoms with van der Waals surface area (Å²) in [4.78, 5) is 27.3. The summed E-state index contributed by atoms with van der Waals surface area (Å²) in [6.45, 7) is 1.92. The molecule has 1 spiro atoms. The van der Waals surface area contributed by atoms with Crippen LogP contribution in [-0.2, 0) is 15.0 Å². The SMILES string of the molecule is Cc1ccc(Oc2ccc(F)cc2[C@H]2NC(=O)C[C@@H](c3cc(F)ccc3F)[C@]23C(=O)Nc2cc(Cl)ccc23)cc1. The van der Waals surface area contributed by atoms with Gasteiger partial charge in [-0.1, -0.05) is 35.4 Å². The third-order valence-corrected chi connectivity index (χ3v) is 7.85. The van der Waals surface area contributed by atoms with Crippen molar-refractivity contribution in [2.24, 2.45) is 0 Å². The molecule has 5 nitrogen and oxygen atoms in total. The zero-order valence-corrected chi connectivity index (χ0v) is 21.9. The Morgan fingerprint density at radius 3 is 2.33 bits per heavy atom. The molecule has 40 heavy (non-hydrogen) atoms. The molecule has 4 aromatic rings. The van der Waals surface area contributed by atoms with Gasteiger partial charge in [-0.3, -0.25) is 9.59 Å². The number of carbonyl (C=O) groups is 2. The number of hydrogen-bond donors (Lipinski definition) is 2. The normalized spacial score (nSPS) is 21.6. The maximum Gasteiger partial charge on any atom is 0.238 e. The van der Waals surface area contributed by atoms with Crippen LogP contribution in [0, 0.1) is 24.4 Å². The quantitative estimate of drug-likeness (QED) is 0.279. The van der Waals surface area contributed by atoms with Crippen molar-refractivity contribution in [1.29, 1.82) is 0 Å². The largest absolute Gasteiger partial charge is 0.457 e. The monoisotopic (exact) mass is 562 g/mol. The fraction of sp³-hybridized carbons (Fsp3) is 0.161. The first-order chi connectivity index (χ1) is 19.2. The van der Waals surface area contributed by atoms with Crippen LogP contribution in [0.25, 0.3) is 0 Å². The Bertz CT molecular complexity index is 1680. The third-order valence-electron chi connectivity index (χ3n) is 7.62. The van der Waals surface area contributed by atoms with Gasteiger partial charge in [0.1, 0.15) is 34.4 Å². The number of amides is 2. The van der Waals surface area contributed by atoms with Crippen molar-refractivity contribution in [3.8, 4) is 11.5 Å². The molecular weight excluding hydrogens is 541 g/mol. The molecule has 9 heteroatoms. The number of anilines is 1. The van der Waals surface area contributed by atoms with Gasteiger partial charge in [0, 0.05) is 28.6 Å². The van der Waals surface area contributed by atoms with Gasteiger partial charge < -0.3 is 15.4 Å². The van der Waals surface area contributed by atoms with Crippen LogP contribution in [0.4, 0.5) is 18.9 Å². The molecule has 2 aliphatic heterocycles. The van der Waals surface area contributed by atoms with Gasteiger partial charge in [0.25, 0.3) is 0 Å². The molecule has 0 saturated carbocycles.